The van der Waals surface area contributed by atoms with E-state index in [-0.39, 0.29) is 15.6 Å². The van der Waals surface area contributed by atoms with Crippen LogP contribution in [0.5, 0.6) is 0 Å². The van der Waals surface area contributed by atoms with Crippen molar-refractivity contribution in [3.63, 3.8) is 0 Å². The van der Waals surface area contributed by atoms with E-state index >= 15 is 0 Å². The zero-order valence-electron chi connectivity index (χ0n) is 14.0. The summed E-state index contributed by atoms with van der Waals surface area (Å²) < 4.78 is 55.2. The maximum Gasteiger partial charge on any atom is 0.285 e. The summed E-state index contributed by atoms with van der Waals surface area (Å²) in [4.78, 5) is 0.781. The van der Waals surface area contributed by atoms with Crippen molar-refractivity contribution in [3.8, 4) is 0 Å². The fourth-order valence-corrected chi connectivity index (χ4v) is 5.61. The van der Waals surface area contributed by atoms with Gasteiger partial charge < -0.3 is 10.6 Å². The molecule has 0 spiro atoms. The van der Waals surface area contributed by atoms with Crippen LogP contribution < -0.4 is 5.73 Å². The van der Waals surface area contributed by atoms with E-state index in [1.54, 1.807) is 14.1 Å². The lowest BCUT2D eigenvalue weighted by Crippen LogP contribution is -2.36. The molecule has 2 N–H and O–H groups in total. The van der Waals surface area contributed by atoms with Crippen LogP contribution in [0.4, 0.5) is 5.69 Å². The van der Waals surface area contributed by atoms with Crippen LogP contribution in [-0.2, 0) is 20.0 Å². The minimum atomic E-state index is -4.16. The van der Waals surface area contributed by atoms with Crippen molar-refractivity contribution < 1.29 is 16.8 Å². The third-order valence-corrected chi connectivity index (χ3v) is 7.34. The highest BCUT2D eigenvalue weighted by Gasteiger charge is 2.30. The van der Waals surface area contributed by atoms with Crippen molar-refractivity contribution in [2.24, 2.45) is 4.40 Å². The first-order valence-corrected chi connectivity index (χ1v) is 10.9. The Morgan fingerprint density at radius 1 is 1.12 bits per heavy atom. The van der Waals surface area contributed by atoms with Gasteiger partial charge in [-0.25, -0.2) is 8.42 Å². The zero-order chi connectivity index (χ0) is 18.8. The molecule has 0 amide bonds. The van der Waals surface area contributed by atoms with E-state index < -0.39 is 24.9 Å². The molecule has 0 atom stereocenters. The van der Waals surface area contributed by atoms with E-state index in [0.29, 0.717) is 13.1 Å². The van der Waals surface area contributed by atoms with Gasteiger partial charge in [-0.3, -0.25) is 0 Å². The highest BCUT2D eigenvalue weighted by atomic mass is 35.5. The number of benzene rings is 1. The molecule has 1 fully saturated rings. The number of hydrogen-bond donors (Lipinski definition) is 1. The van der Waals surface area contributed by atoms with Gasteiger partial charge in [-0.2, -0.15) is 12.7 Å². The molecule has 1 saturated heterocycles. The smallest absolute Gasteiger partial charge is 0.285 e. The molecule has 0 bridgehead atoms. The molecule has 1 aliphatic rings. The summed E-state index contributed by atoms with van der Waals surface area (Å²) in [6.07, 6.45) is 3.57. The summed E-state index contributed by atoms with van der Waals surface area (Å²) in [5, 5.41) is -0.175. The van der Waals surface area contributed by atoms with Crippen LogP contribution in [0.2, 0.25) is 5.02 Å². The van der Waals surface area contributed by atoms with Crippen molar-refractivity contribution in [3.05, 3.63) is 17.2 Å². The molecular formula is C14H21ClN4O4S2. The number of hydrogen-bond acceptors (Lipinski definition) is 5. The third kappa shape index (κ3) is 4.43. The van der Waals surface area contributed by atoms with Gasteiger partial charge in [-0.1, -0.05) is 18.0 Å². The Morgan fingerprint density at radius 2 is 1.72 bits per heavy atom. The van der Waals surface area contributed by atoms with Crippen LogP contribution in [-0.4, -0.2) is 59.6 Å². The number of anilines is 1. The highest BCUT2D eigenvalue weighted by Crippen LogP contribution is 2.33. The number of rotatable bonds is 5. The van der Waals surface area contributed by atoms with E-state index in [1.807, 2.05) is 0 Å². The van der Waals surface area contributed by atoms with Crippen LogP contribution in [0.15, 0.2) is 26.3 Å². The molecule has 0 saturated carbocycles. The van der Waals surface area contributed by atoms with Gasteiger partial charge in [-0.05, 0) is 25.0 Å². The molecule has 25 heavy (non-hydrogen) atoms. The summed E-state index contributed by atoms with van der Waals surface area (Å²) in [6.45, 7) is 0.760. The van der Waals surface area contributed by atoms with Crippen LogP contribution in [0, 0.1) is 0 Å². The predicted octanol–water partition coefficient (Wildman–Crippen LogP) is 1.38. The average Bonchev–Trinajstić information content (AvgIpc) is 2.53. The molecule has 1 aromatic rings. The Balaban J connectivity index is 2.55. The van der Waals surface area contributed by atoms with Crippen molar-refractivity contribution in [2.45, 2.75) is 29.1 Å². The van der Waals surface area contributed by atoms with Gasteiger partial charge in [0.25, 0.3) is 10.0 Å². The molecule has 0 unspecified atom stereocenters. The van der Waals surface area contributed by atoms with Crippen molar-refractivity contribution in [1.29, 1.82) is 0 Å². The molecule has 0 aliphatic carbocycles. The summed E-state index contributed by atoms with van der Waals surface area (Å²) in [6, 6.07) is 2.13. The van der Waals surface area contributed by atoms with Crippen molar-refractivity contribution in [1.82, 2.24) is 9.21 Å². The Kier molecular flexibility index (Phi) is 5.97. The summed E-state index contributed by atoms with van der Waals surface area (Å²) in [5.74, 6) is 0. The van der Waals surface area contributed by atoms with Crippen LogP contribution >= 0.6 is 11.6 Å². The summed E-state index contributed by atoms with van der Waals surface area (Å²) >= 11 is 5.98. The number of halogens is 1. The number of sulfonamides is 2. The normalized spacial score (nSPS) is 17.1. The van der Waals surface area contributed by atoms with Gasteiger partial charge in [0.05, 0.1) is 10.7 Å². The second kappa shape index (κ2) is 7.48. The van der Waals surface area contributed by atoms with Gasteiger partial charge >= 0.3 is 0 Å². The molecule has 0 aromatic heterocycles. The SMILES string of the molecule is CN(C)C=NS(=O)(=O)c1cc(S(=O)(=O)N2CCCCC2)c(N)cc1Cl. The predicted molar refractivity (Wildman–Crippen MR) is 97.8 cm³/mol. The lowest BCUT2D eigenvalue weighted by molar-refractivity contribution is 0.347. The molecule has 11 heteroatoms. The van der Waals surface area contributed by atoms with Crippen molar-refractivity contribution >= 4 is 43.7 Å². The second-order valence-corrected chi connectivity index (χ2v) is 9.86. The largest absolute Gasteiger partial charge is 0.398 e. The first kappa shape index (κ1) is 20.0. The number of nitrogens with two attached hydrogens (primary N) is 1. The molecule has 2 rings (SSSR count). The van der Waals surface area contributed by atoms with E-state index in [2.05, 4.69) is 4.40 Å². The first-order chi connectivity index (χ1) is 11.6. The highest BCUT2D eigenvalue weighted by molar-refractivity contribution is 7.90. The molecule has 1 heterocycles. The van der Waals surface area contributed by atoms with Gasteiger partial charge in [0.2, 0.25) is 10.0 Å². The molecular weight excluding hydrogens is 388 g/mol. The Bertz CT molecular complexity index is 876. The average molecular weight is 409 g/mol. The lowest BCUT2D eigenvalue weighted by atomic mass is 10.2. The topological polar surface area (TPSA) is 113 Å². The van der Waals surface area contributed by atoms with E-state index in [0.717, 1.165) is 37.7 Å². The van der Waals surface area contributed by atoms with Crippen LogP contribution in [0.25, 0.3) is 0 Å². The fraction of sp³-hybridized carbons (Fsp3) is 0.500. The molecule has 1 aromatic carbocycles. The minimum Gasteiger partial charge on any atom is -0.398 e. The molecule has 1 aliphatic heterocycles. The summed E-state index contributed by atoms with van der Waals surface area (Å²) in [5.41, 5.74) is 5.73. The lowest BCUT2D eigenvalue weighted by Gasteiger charge is -2.26. The minimum absolute atomic E-state index is 0.0916. The molecule has 0 radical (unpaired) electrons. The fourth-order valence-electron chi connectivity index (χ4n) is 2.43. The zero-order valence-corrected chi connectivity index (χ0v) is 16.4. The number of nitrogens with zero attached hydrogens (tertiary/aromatic N) is 3. The second-order valence-electron chi connectivity index (χ2n) is 5.94. The van der Waals surface area contributed by atoms with Crippen molar-refractivity contribution in [2.75, 3.05) is 32.9 Å². The number of nitrogen functional groups attached to an aromatic ring is 1. The van der Waals surface area contributed by atoms with Crippen LogP contribution in [0.1, 0.15) is 19.3 Å². The van der Waals surface area contributed by atoms with Gasteiger partial charge in [-0.15, -0.1) is 4.40 Å². The Morgan fingerprint density at radius 3 is 2.28 bits per heavy atom. The molecule has 8 nitrogen and oxygen atoms in total. The van der Waals surface area contributed by atoms with E-state index in [4.69, 9.17) is 17.3 Å². The van der Waals surface area contributed by atoms with Gasteiger partial charge in [0, 0.05) is 27.2 Å². The van der Waals surface area contributed by atoms with E-state index in [1.165, 1.54) is 9.21 Å². The van der Waals surface area contributed by atoms with E-state index in [9.17, 15) is 16.8 Å². The maximum absolute atomic E-state index is 12.8. The molecule has 140 valence electrons. The number of piperidine rings is 1. The quantitative estimate of drug-likeness (QED) is 0.447. The Labute approximate surface area is 153 Å². The first-order valence-electron chi connectivity index (χ1n) is 7.62. The Hall–Kier alpha value is -1.36. The van der Waals surface area contributed by atoms with Crippen LogP contribution in [0.3, 0.4) is 0 Å². The summed E-state index contributed by atoms with van der Waals surface area (Å²) in [7, 11) is -4.85. The monoisotopic (exact) mass is 408 g/mol. The maximum atomic E-state index is 12.8. The van der Waals surface area contributed by atoms with Gasteiger partial charge in [0.15, 0.2) is 0 Å². The third-order valence-electron chi connectivity index (χ3n) is 3.69. The standard InChI is InChI=1S/C14H21ClN4O4S2/c1-18(2)10-17-24(20,21)13-9-14(12(16)8-11(13)15)25(22,23)19-6-4-3-5-7-19/h8-10H,3-7,16H2,1-2H3. The van der Waals surface area contributed by atoms with Gasteiger partial charge in [0.1, 0.15) is 16.1 Å².